The number of hydrogen-bond acceptors (Lipinski definition) is 5. The van der Waals surface area contributed by atoms with Gasteiger partial charge in [-0.1, -0.05) is 11.6 Å². The van der Waals surface area contributed by atoms with Gasteiger partial charge in [-0.3, -0.25) is 14.9 Å². The monoisotopic (exact) mass is 310 g/mol. The molecule has 0 amide bonds. The lowest BCUT2D eigenvalue weighted by atomic mass is 10.1. The average Bonchev–Trinajstić information content (AvgIpc) is 2.53. The standard InChI is InChI=1S/C16H14N4O3/c1-10-4-5-13-11(7-10)8-12(16(21)19-13)9-18-15-14(20(22)23)3-2-6-17-15/h2-8H,9H2,1H3,(H,17,18)(H,19,21). The van der Waals surface area contributed by atoms with Crippen LogP contribution in [0.2, 0.25) is 0 Å². The summed E-state index contributed by atoms with van der Waals surface area (Å²) in [5, 5.41) is 14.7. The highest BCUT2D eigenvalue weighted by Crippen LogP contribution is 2.21. The third kappa shape index (κ3) is 3.03. The summed E-state index contributed by atoms with van der Waals surface area (Å²) in [7, 11) is 0. The summed E-state index contributed by atoms with van der Waals surface area (Å²) in [5.41, 5.74) is 1.98. The summed E-state index contributed by atoms with van der Waals surface area (Å²) >= 11 is 0. The molecular formula is C16H14N4O3. The Bertz CT molecular complexity index is 949. The lowest BCUT2D eigenvalue weighted by Crippen LogP contribution is -2.16. The number of fused-ring (bicyclic) bond motifs is 1. The number of anilines is 1. The zero-order chi connectivity index (χ0) is 16.4. The van der Waals surface area contributed by atoms with E-state index in [1.165, 1.54) is 18.3 Å². The van der Waals surface area contributed by atoms with Crippen LogP contribution < -0.4 is 10.9 Å². The third-order valence-electron chi connectivity index (χ3n) is 3.51. The third-order valence-corrected chi connectivity index (χ3v) is 3.51. The fraction of sp³-hybridized carbons (Fsp3) is 0.125. The van der Waals surface area contributed by atoms with Gasteiger partial charge in [0.2, 0.25) is 5.82 Å². The zero-order valence-corrected chi connectivity index (χ0v) is 12.4. The van der Waals surface area contributed by atoms with Crippen molar-refractivity contribution in [2.45, 2.75) is 13.5 Å². The molecule has 0 bridgehead atoms. The smallest absolute Gasteiger partial charge is 0.311 e. The largest absolute Gasteiger partial charge is 0.360 e. The van der Waals surface area contributed by atoms with Gasteiger partial charge in [0.15, 0.2) is 0 Å². The molecule has 116 valence electrons. The second kappa shape index (κ2) is 5.88. The summed E-state index contributed by atoms with van der Waals surface area (Å²) in [6, 6.07) is 10.4. The van der Waals surface area contributed by atoms with E-state index in [1.54, 1.807) is 6.07 Å². The fourth-order valence-electron chi connectivity index (χ4n) is 2.36. The maximum Gasteiger partial charge on any atom is 0.311 e. The van der Waals surface area contributed by atoms with Crippen LogP contribution in [0.5, 0.6) is 0 Å². The highest BCUT2D eigenvalue weighted by Gasteiger charge is 2.14. The van der Waals surface area contributed by atoms with Gasteiger partial charge in [0.25, 0.3) is 5.56 Å². The minimum atomic E-state index is -0.511. The molecule has 0 radical (unpaired) electrons. The van der Waals surface area contributed by atoms with E-state index in [2.05, 4.69) is 15.3 Å². The first-order valence-electron chi connectivity index (χ1n) is 7.00. The Labute approximate surface area is 131 Å². The average molecular weight is 310 g/mol. The van der Waals surface area contributed by atoms with Gasteiger partial charge in [-0.25, -0.2) is 4.98 Å². The molecule has 2 heterocycles. The summed E-state index contributed by atoms with van der Waals surface area (Å²) in [6.45, 7) is 2.12. The number of aryl methyl sites for hydroxylation is 1. The quantitative estimate of drug-likeness (QED) is 0.570. The molecule has 0 unspecified atom stereocenters. The van der Waals surface area contributed by atoms with E-state index in [-0.39, 0.29) is 23.6 Å². The van der Waals surface area contributed by atoms with Crippen molar-refractivity contribution in [2.24, 2.45) is 0 Å². The lowest BCUT2D eigenvalue weighted by Gasteiger charge is -2.07. The first-order valence-corrected chi connectivity index (χ1v) is 7.00. The van der Waals surface area contributed by atoms with Crippen molar-refractivity contribution < 1.29 is 4.92 Å². The van der Waals surface area contributed by atoms with Crippen molar-refractivity contribution >= 4 is 22.4 Å². The van der Waals surface area contributed by atoms with Crippen LogP contribution in [0.4, 0.5) is 11.5 Å². The molecular weight excluding hydrogens is 296 g/mol. The zero-order valence-electron chi connectivity index (χ0n) is 12.4. The van der Waals surface area contributed by atoms with E-state index in [4.69, 9.17) is 0 Å². The Kier molecular flexibility index (Phi) is 3.76. The normalized spacial score (nSPS) is 10.7. The SMILES string of the molecule is Cc1ccc2[nH]c(=O)c(CNc3ncccc3[N+](=O)[O-])cc2c1. The maximum atomic E-state index is 12.1. The van der Waals surface area contributed by atoms with E-state index < -0.39 is 4.92 Å². The van der Waals surface area contributed by atoms with E-state index in [0.717, 1.165) is 16.5 Å². The van der Waals surface area contributed by atoms with Gasteiger partial charge in [-0.15, -0.1) is 0 Å². The molecule has 7 nitrogen and oxygen atoms in total. The van der Waals surface area contributed by atoms with Gasteiger partial charge < -0.3 is 10.3 Å². The van der Waals surface area contributed by atoms with Crippen LogP contribution in [0.3, 0.4) is 0 Å². The van der Waals surface area contributed by atoms with Crippen LogP contribution in [0.1, 0.15) is 11.1 Å². The molecule has 0 saturated carbocycles. The molecule has 0 atom stereocenters. The van der Waals surface area contributed by atoms with Crippen LogP contribution in [-0.4, -0.2) is 14.9 Å². The second-order valence-electron chi connectivity index (χ2n) is 5.20. The highest BCUT2D eigenvalue weighted by molar-refractivity contribution is 5.79. The number of H-pyrrole nitrogens is 1. The van der Waals surface area contributed by atoms with Crippen molar-refractivity contribution in [3.8, 4) is 0 Å². The Morgan fingerprint density at radius 3 is 2.91 bits per heavy atom. The molecule has 7 heteroatoms. The number of benzene rings is 1. The van der Waals surface area contributed by atoms with E-state index in [0.29, 0.717) is 5.56 Å². The molecule has 3 aromatic rings. The van der Waals surface area contributed by atoms with Crippen molar-refractivity contribution in [3.05, 3.63) is 74.2 Å². The molecule has 2 N–H and O–H groups in total. The molecule has 0 spiro atoms. The number of nitrogens with one attached hydrogen (secondary N) is 2. The van der Waals surface area contributed by atoms with Crippen molar-refractivity contribution in [3.63, 3.8) is 0 Å². The topological polar surface area (TPSA) is 101 Å². The summed E-state index contributed by atoms with van der Waals surface area (Å²) < 4.78 is 0. The van der Waals surface area contributed by atoms with Crippen LogP contribution in [0, 0.1) is 17.0 Å². The summed E-state index contributed by atoms with van der Waals surface area (Å²) in [6.07, 6.45) is 1.46. The molecule has 0 aliphatic rings. The van der Waals surface area contributed by atoms with Crippen molar-refractivity contribution in [1.82, 2.24) is 9.97 Å². The molecule has 0 aliphatic heterocycles. The molecule has 1 aromatic carbocycles. The second-order valence-corrected chi connectivity index (χ2v) is 5.20. The first kappa shape index (κ1) is 14.7. The van der Waals surface area contributed by atoms with E-state index in [9.17, 15) is 14.9 Å². The van der Waals surface area contributed by atoms with Gasteiger partial charge in [0.05, 0.1) is 4.92 Å². The number of pyridine rings is 2. The highest BCUT2D eigenvalue weighted by atomic mass is 16.6. The molecule has 0 fully saturated rings. The van der Waals surface area contributed by atoms with Gasteiger partial charge >= 0.3 is 5.69 Å². The molecule has 3 rings (SSSR count). The molecule has 23 heavy (non-hydrogen) atoms. The predicted octanol–water partition coefficient (Wildman–Crippen LogP) is 2.75. The number of nitrogens with zero attached hydrogens (tertiary/aromatic N) is 2. The predicted molar refractivity (Wildman–Crippen MR) is 87.5 cm³/mol. The Morgan fingerprint density at radius 1 is 1.30 bits per heavy atom. The first-order chi connectivity index (χ1) is 11.0. The minimum absolute atomic E-state index is 0.124. The fourth-order valence-corrected chi connectivity index (χ4v) is 2.36. The van der Waals surface area contributed by atoms with Crippen LogP contribution in [-0.2, 0) is 6.54 Å². The van der Waals surface area contributed by atoms with E-state index >= 15 is 0 Å². The number of nitro groups is 1. The van der Waals surface area contributed by atoms with Crippen LogP contribution in [0.25, 0.3) is 10.9 Å². The molecule has 2 aromatic heterocycles. The number of rotatable bonds is 4. The van der Waals surface area contributed by atoms with Gasteiger partial charge in [0, 0.05) is 29.9 Å². The minimum Gasteiger partial charge on any atom is -0.360 e. The molecule has 0 aliphatic carbocycles. The summed E-state index contributed by atoms with van der Waals surface area (Å²) in [4.78, 5) is 29.3. The summed E-state index contributed by atoms with van der Waals surface area (Å²) in [5.74, 6) is 0.140. The lowest BCUT2D eigenvalue weighted by molar-refractivity contribution is -0.384. The van der Waals surface area contributed by atoms with Gasteiger partial charge in [0.1, 0.15) is 0 Å². The number of hydrogen-bond donors (Lipinski definition) is 2. The van der Waals surface area contributed by atoms with Gasteiger partial charge in [-0.2, -0.15) is 0 Å². The Morgan fingerprint density at radius 2 is 2.13 bits per heavy atom. The van der Waals surface area contributed by atoms with Gasteiger partial charge in [-0.05, 0) is 36.6 Å². The van der Waals surface area contributed by atoms with E-state index in [1.807, 2.05) is 25.1 Å². The number of aromatic nitrogens is 2. The Balaban J connectivity index is 1.92. The van der Waals surface area contributed by atoms with Crippen LogP contribution >= 0.6 is 0 Å². The van der Waals surface area contributed by atoms with Crippen molar-refractivity contribution in [2.75, 3.05) is 5.32 Å². The Hall–Kier alpha value is -3.22. The molecule has 0 saturated heterocycles. The van der Waals surface area contributed by atoms with Crippen molar-refractivity contribution in [1.29, 1.82) is 0 Å². The number of aromatic amines is 1. The maximum absolute atomic E-state index is 12.1. The van der Waals surface area contributed by atoms with Crippen LogP contribution in [0.15, 0.2) is 47.4 Å².